The number of rotatable bonds is 4. The zero-order valence-corrected chi connectivity index (χ0v) is 51.2. The quantitative estimate of drug-likeness (QED) is 0.163. The topological polar surface area (TPSA) is 9.86 Å². The molecule has 1 atom stereocenters. The maximum absolute atomic E-state index is 2.59. The number of nitrogens with zero attached hydrogens (tertiary/aromatic N) is 2. The van der Waals surface area contributed by atoms with Gasteiger partial charge in [-0.25, -0.2) is 0 Å². The maximum atomic E-state index is 2.59. The summed E-state index contributed by atoms with van der Waals surface area (Å²) < 4.78 is 5.08. The maximum Gasteiger partial charge on any atom is 0.244 e. The number of hydrogen-bond acceptors (Lipinski definition) is 2. The largest absolute Gasteiger partial charge is 0.309 e. The number of para-hydroxylation sites is 2. The zero-order chi connectivity index (χ0) is 58.2. The van der Waals surface area contributed by atoms with E-state index in [1.807, 2.05) is 23.5 Å². The summed E-state index contributed by atoms with van der Waals surface area (Å²) in [5, 5.41) is 5.12. The third-order valence-corrected chi connectivity index (χ3v) is 22.4. The second-order valence-electron chi connectivity index (χ2n) is 26.7. The van der Waals surface area contributed by atoms with Crippen molar-refractivity contribution < 1.29 is 0 Å². The molecule has 0 bridgehead atoms. The lowest BCUT2D eigenvalue weighted by atomic mass is 9.36. The van der Waals surface area contributed by atoms with E-state index in [0.717, 1.165) is 0 Å². The van der Waals surface area contributed by atoms with Crippen molar-refractivity contribution >= 4 is 113 Å². The van der Waals surface area contributed by atoms with Crippen molar-refractivity contribution in [3.8, 4) is 33.6 Å². The number of aromatic nitrogens is 2. The first-order valence-electron chi connectivity index (χ1n) is 30.8. The monoisotopic (exact) mass is 1150 g/mol. The molecular formula is C81H60B2N2S2. The molecule has 1 spiro atoms. The Morgan fingerprint density at radius 1 is 0.322 bits per heavy atom. The molecule has 4 heterocycles. The van der Waals surface area contributed by atoms with Gasteiger partial charge in [-0.1, -0.05) is 280 Å². The molecule has 2 nitrogen and oxygen atoms in total. The van der Waals surface area contributed by atoms with Gasteiger partial charge in [-0.05, 0) is 128 Å². The van der Waals surface area contributed by atoms with Crippen molar-refractivity contribution in [2.24, 2.45) is 0 Å². The molecule has 6 heteroatoms. The standard InChI is InChI=1S/C81H60B2N2S2/c1-79(2,3)49-33-43-71-57(45-49)58-46-50(80(4,5)6)34-44-72(58)85(71)54-36-38-62-60(48-54)76-64(40-42-68-78(76)87-74-32-20-16-28-66(74)83(68)52-23-11-8-12-24-52)81(62)61-37-35-53(84-69-29-17-13-25-55(69)56-26-14-18-30-70(56)84)47-59(61)75-63(81)39-41-67-77(75)86-73-31-19-15-27-65(73)82(67)51-21-9-7-10-22-51/h7-48H,1-6H3. The molecule has 12 aromatic carbocycles. The van der Waals surface area contributed by atoms with Gasteiger partial charge in [0.05, 0.1) is 27.5 Å². The van der Waals surface area contributed by atoms with Crippen LogP contribution in [0.15, 0.2) is 274 Å². The van der Waals surface area contributed by atoms with Crippen molar-refractivity contribution in [2.45, 2.75) is 77.4 Å². The Balaban J connectivity index is 0.965. The van der Waals surface area contributed by atoms with Crippen LogP contribution in [-0.4, -0.2) is 22.6 Å². The highest BCUT2D eigenvalue weighted by molar-refractivity contribution is 8.00. The predicted octanol–water partition coefficient (Wildman–Crippen LogP) is 16.8. The smallest absolute Gasteiger partial charge is 0.244 e. The molecule has 0 N–H and O–H groups in total. The van der Waals surface area contributed by atoms with Crippen LogP contribution < -0.4 is 32.8 Å². The Morgan fingerprint density at radius 3 is 1.14 bits per heavy atom. The van der Waals surface area contributed by atoms with Crippen LogP contribution in [0.25, 0.3) is 77.2 Å². The van der Waals surface area contributed by atoms with E-state index in [1.165, 1.54) is 163 Å². The van der Waals surface area contributed by atoms with Crippen LogP contribution in [0.2, 0.25) is 0 Å². The molecule has 2 aromatic heterocycles. The fraction of sp³-hybridized carbons (Fsp3) is 0.111. The van der Waals surface area contributed by atoms with Crippen LogP contribution in [0.4, 0.5) is 0 Å². The minimum absolute atomic E-state index is 0.00941. The summed E-state index contributed by atoms with van der Waals surface area (Å²) in [7, 11) is 0. The van der Waals surface area contributed by atoms with Gasteiger partial charge in [0.15, 0.2) is 0 Å². The zero-order valence-electron chi connectivity index (χ0n) is 49.6. The first-order chi connectivity index (χ1) is 42.4. The van der Waals surface area contributed by atoms with E-state index < -0.39 is 5.41 Å². The van der Waals surface area contributed by atoms with E-state index in [-0.39, 0.29) is 24.3 Å². The lowest BCUT2D eigenvalue weighted by molar-refractivity contribution is 0.590. The molecule has 1 unspecified atom stereocenters. The van der Waals surface area contributed by atoms with Gasteiger partial charge in [-0.15, -0.1) is 0 Å². The van der Waals surface area contributed by atoms with Crippen molar-refractivity contribution in [2.75, 3.05) is 0 Å². The van der Waals surface area contributed by atoms with Gasteiger partial charge in [0.1, 0.15) is 0 Å². The molecule has 0 fully saturated rings. The summed E-state index contributed by atoms with van der Waals surface area (Å²) in [6, 6.07) is 98.5. The normalized spacial score (nSPS) is 15.4. The fourth-order valence-corrected chi connectivity index (χ4v) is 18.5. The molecule has 2 aliphatic carbocycles. The molecule has 0 saturated heterocycles. The average molecular weight is 1150 g/mol. The Bertz CT molecular complexity index is 5150. The Morgan fingerprint density at radius 2 is 0.701 bits per heavy atom. The average Bonchev–Trinajstić information content (AvgIpc) is 1.50. The van der Waals surface area contributed by atoms with E-state index in [2.05, 4.69) is 305 Å². The van der Waals surface area contributed by atoms with Crippen LogP contribution in [0, 0.1) is 0 Å². The summed E-state index contributed by atoms with van der Waals surface area (Å²) in [6.07, 6.45) is 0. The van der Waals surface area contributed by atoms with E-state index in [1.54, 1.807) is 0 Å². The summed E-state index contributed by atoms with van der Waals surface area (Å²) in [4.78, 5) is 5.34. The second-order valence-corrected chi connectivity index (χ2v) is 28.8. The van der Waals surface area contributed by atoms with Gasteiger partial charge in [-0.3, -0.25) is 0 Å². The van der Waals surface area contributed by atoms with Crippen LogP contribution in [0.3, 0.4) is 0 Å². The van der Waals surface area contributed by atoms with Crippen LogP contribution in [-0.2, 0) is 16.2 Å². The Hall–Kier alpha value is -8.93. The second kappa shape index (κ2) is 18.5. The minimum Gasteiger partial charge on any atom is -0.309 e. The van der Waals surface area contributed by atoms with Crippen molar-refractivity contribution in [1.29, 1.82) is 0 Å². The van der Waals surface area contributed by atoms with Gasteiger partial charge in [0.2, 0.25) is 13.4 Å². The third-order valence-electron chi connectivity index (χ3n) is 19.9. The lowest BCUT2D eigenvalue weighted by Gasteiger charge is -2.33. The molecule has 87 heavy (non-hydrogen) atoms. The van der Waals surface area contributed by atoms with Crippen LogP contribution in [0.1, 0.15) is 74.9 Å². The Kier molecular flexibility index (Phi) is 10.9. The highest BCUT2D eigenvalue weighted by Crippen LogP contribution is 2.66. The van der Waals surface area contributed by atoms with E-state index >= 15 is 0 Å². The van der Waals surface area contributed by atoms with Gasteiger partial charge in [0, 0.05) is 63.6 Å². The van der Waals surface area contributed by atoms with Gasteiger partial charge in [0.25, 0.3) is 0 Å². The number of hydrogen-bond donors (Lipinski definition) is 0. The molecule has 18 rings (SSSR count). The summed E-state index contributed by atoms with van der Waals surface area (Å²) in [6.45, 7) is 14.1. The Labute approximate surface area is 518 Å². The molecule has 4 aliphatic rings. The van der Waals surface area contributed by atoms with Crippen LogP contribution >= 0.6 is 23.5 Å². The summed E-state index contributed by atoms with van der Waals surface area (Å²) in [5.41, 5.74) is 28.0. The van der Waals surface area contributed by atoms with E-state index in [4.69, 9.17) is 0 Å². The van der Waals surface area contributed by atoms with Gasteiger partial charge in [-0.2, -0.15) is 0 Å². The molecular weight excluding hydrogens is 1090 g/mol. The van der Waals surface area contributed by atoms with Crippen LogP contribution in [0.5, 0.6) is 0 Å². The van der Waals surface area contributed by atoms with Crippen molar-refractivity contribution in [3.05, 3.63) is 288 Å². The van der Waals surface area contributed by atoms with E-state index in [0.29, 0.717) is 0 Å². The molecule has 2 aliphatic heterocycles. The summed E-state index contributed by atoms with van der Waals surface area (Å²) in [5.74, 6) is 0. The first kappa shape index (κ1) is 51.3. The predicted molar refractivity (Wildman–Crippen MR) is 372 cm³/mol. The molecule has 0 radical (unpaired) electrons. The first-order valence-corrected chi connectivity index (χ1v) is 32.4. The third kappa shape index (κ3) is 7.23. The highest BCUT2D eigenvalue weighted by atomic mass is 32.2. The SMILES string of the molecule is CC(C)(C)c1ccc2c(c1)c1cc(C(C)(C)C)ccc1n2-c1ccc2c(c1)-c1c(ccc3c1Sc1ccccc1B3c1ccccc1)C21c2ccc(-n3c4ccccc4c4ccccc43)cc2-c2c1ccc1c2Sc2ccccc2B1c1ccccc1. The fourth-order valence-electron chi connectivity index (χ4n) is 15.9. The highest BCUT2D eigenvalue weighted by Gasteiger charge is 2.55. The number of benzene rings is 12. The number of fused-ring (bicyclic) bond motifs is 22. The van der Waals surface area contributed by atoms with Crippen molar-refractivity contribution in [1.82, 2.24) is 9.13 Å². The molecule has 0 saturated carbocycles. The van der Waals surface area contributed by atoms with E-state index in [9.17, 15) is 0 Å². The molecule has 14 aromatic rings. The minimum atomic E-state index is -0.666. The lowest BCUT2D eigenvalue weighted by Crippen LogP contribution is -2.55. The van der Waals surface area contributed by atoms with Gasteiger partial charge < -0.3 is 9.13 Å². The summed E-state index contributed by atoms with van der Waals surface area (Å²) >= 11 is 3.94. The molecule has 412 valence electrons. The van der Waals surface area contributed by atoms with Crippen molar-refractivity contribution in [3.63, 3.8) is 0 Å². The molecule has 0 amide bonds. The van der Waals surface area contributed by atoms with Gasteiger partial charge >= 0.3 is 0 Å².